The van der Waals surface area contributed by atoms with Crippen LogP contribution in [0.3, 0.4) is 0 Å². The zero-order valence-corrected chi connectivity index (χ0v) is 9.43. The van der Waals surface area contributed by atoms with Crippen molar-refractivity contribution >= 4 is 11.6 Å². The monoisotopic (exact) mass is 231 g/mol. The molecule has 1 unspecified atom stereocenters. The highest BCUT2D eigenvalue weighted by Gasteiger charge is 2.08. The highest BCUT2D eigenvalue weighted by Crippen LogP contribution is 2.22. The summed E-state index contributed by atoms with van der Waals surface area (Å²) in [6.45, 7) is 2.51. The van der Waals surface area contributed by atoms with E-state index in [-0.39, 0.29) is 11.1 Å². The van der Waals surface area contributed by atoms with Crippen LogP contribution in [0, 0.1) is 5.82 Å². The van der Waals surface area contributed by atoms with Crippen LogP contribution in [0.4, 0.5) is 4.39 Å². The Labute approximate surface area is 94.2 Å². The molecule has 0 radical (unpaired) electrons. The van der Waals surface area contributed by atoms with E-state index in [2.05, 4.69) is 6.92 Å². The Morgan fingerprint density at radius 3 is 2.80 bits per heavy atom. The highest BCUT2D eigenvalue weighted by atomic mass is 35.5. The van der Waals surface area contributed by atoms with Gasteiger partial charge in [0.15, 0.2) is 0 Å². The second-order valence-corrected chi connectivity index (χ2v) is 3.75. The summed E-state index contributed by atoms with van der Waals surface area (Å²) in [6.07, 6.45) is 1.85. The quantitative estimate of drug-likeness (QED) is 0.846. The average Bonchev–Trinajstić information content (AvgIpc) is 2.23. The van der Waals surface area contributed by atoms with Crippen LogP contribution < -0.4 is 10.5 Å². The first kappa shape index (κ1) is 12.3. The van der Waals surface area contributed by atoms with Crippen LogP contribution in [0.25, 0.3) is 0 Å². The summed E-state index contributed by atoms with van der Waals surface area (Å²) in [4.78, 5) is 0. The lowest BCUT2D eigenvalue weighted by molar-refractivity contribution is 0.198. The molecule has 0 amide bonds. The van der Waals surface area contributed by atoms with E-state index in [9.17, 15) is 4.39 Å². The summed E-state index contributed by atoms with van der Waals surface area (Å²) < 4.78 is 18.4. The first-order valence-corrected chi connectivity index (χ1v) is 5.37. The Hall–Kier alpha value is -0.800. The van der Waals surface area contributed by atoms with Crippen LogP contribution in [-0.4, -0.2) is 12.6 Å². The molecule has 1 atom stereocenters. The Morgan fingerprint density at radius 1 is 1.53 bits per heavy atom. The van der Waals surface area contributed by atoms with Gasteiger partial charge >= 0.3 is 0 Å². The van der Waals surface area contributed by atoms with Gasteiger partial charge in [-0.1, -0.05) is 24.9 Å². The summed E-state index contributed by atoms with van der Waals surface area (Å²) in [6, 6.07) is 4.31. The number of nitrogens with two attached hydrogens (primary N) is 1. The molecule has 0 saturated carbocycles. The molecular weight excluding hydrogens is 217 g/mol. The Kier molecular flexibility index (Phi) is 4.85. The third kappa shape index (κ3) is 3.68. The molecule has 0 aliphatic rings. The highest BCUT2D eigenvalue weighted by molar-refractivity contribution is 6.30. The molecule has 0 saturated heterocycles. The second-order valence-electron chi connectivity index (χ2n) is 3.34. The van der Waals surface area contributed by atoms with Crippen molar-refractivity contribution in [1.82, 2.24) is 0 Å². The van der Waals surface area contributed by atoms with E-state index in [1.54, 1.807) is 6.07 Å². The average molecular weight is 232 g/mol. The Bertz CT molecular complexity index is 319. The smallest absolute Gasteiger partial charge is 0.142 e. The molecule has 2 N–H and O–H groups in total. The number of hydrogen-bond donors (Lipinski definition) is 1. The van der Waals surface area contributed by atoms with Crippen molar-refractivity contribution < 1.29 is 9.13 Å². The van der Waals surface area contributed by atoms with Gasteiger partial charge in [0.25, 0.3) is 0 Å². The van der Waals surface area contributed by atoms with Gasteiger partial charge in [0.05, 0.1) is 5.02 Å². The van der Waals surface area contributed by atoms with Gasteiger partial charge in [0.1, 0.15) is 17.7 Å². The SMILES string of the molecule is CCCC(CN)Oc1ccc(F)c(Cl)c1. The summed E-state index contributed by atoms with van der Waals surface area (Å²) in [5.74, 6) is 0.120. The number of rotatable bonds is 5. The molecule has 0 fully saturated rings. The predicted octanol–water partition coefficient (Wildman–Crippen LogP) is 2.99. The molecule has 2 nitrogen and oxygen atoms in total. The molecule has 0 aromatic heterocycles. The lowest BCUT2D eigenvalue weighted by Crippen LogP contribution is -2.26. The molecule has 1 aromatic rings. The normalized spacial score (nSPS) is 12.5. The van der Waals surface area contributed by atoms with Crippen molar-refractivity contribution in [2.45, 2.75) is 25.9 Å². The molecule has 0 bridgehead atoms. The molecule has 84 valence electrons. The largest absolute Gasteiger partial charge is 0.489 e. The first-order chi connectivity index (χ1) is 7.17. The van der Waals surface area contributed by atoms with Crippen molar-refractivity contribution in [3.63, 3.8) is 0 Å². The van der Waals surface area contributed by atoms with Crippen molar-refractivity contribution in [3.05, 3.63) is 29.0 Å². The lowest BCUT2D eigenvalue weighted by atomic mass is 10.2. The lowest BCUT2D eigenvalue weighted by Gasteiger charge is -2.16. The number of halogens is 2. The van der Waals surface area contributed by atoms with E-state index in [0.29, 0.717) is 12.3 Å². The predicted molar refractivity (Wildman–Crippen MR) is 59.8 cm³/mol. The van der Waals surface area contributed by atoms with Gasteiger partial charge < -0.3 is 10.5 Å². The molecule has 1 rings (SSSR count). The van der Waals surface area contributed by atoms with Crippen LogP contribution in [0.15, 0.2) is 18.2 Å². The zero-order chi connectivity index (χ0) is 11.3. The van der Waals surface area contributed by atoms with E-state index in [1.165, 1.54) is 12.1 Å². The molecule has 0 heterocycles. The minimum Gasteiger partial charge on any atom is -0.489 e. The van der Waals surface area contributed by atoms with Crippen LogP contribution in [0.5, 0.6) is 5.75 Å². The number of benzene rings is 1. The van der Waals surface area contributed by atoms with Crippen molar-refractivity contribution in [2.24, 2.45) is 5.73 Å². The molecule has 0 spiro atoms. The maximum absolute atomic E-state index is 12.9. The summed E-state index contributed by atoms with van der Waals surface area (Å²) in [5.41, 5.74) is 5.54. The van der Waals surface area contributed by atoms with Crippen molar-refractivity contribution in [3.8, 4) is 5.75 Å². The topological polar surface area (TPSA) is 35.2 Å². The third-order valence-electron chi connectivity index (χ3n) is 2.07. The van der Waals surface area contributed by atoms with Crippen molar-refractivity contribution in [1.29, 1.82) is 0 Å². The van der Waals surface area contributed by atoms with Crippen LogP contribution >= 0.6 is 11.6 Å². The third-order valence-corrected chi connectivity index (χ3v) is 2.36. The number of hydrogen-bond acceptors (Lipinski definition) is 2. The summed E-state index contributed by atoms with van der Waals surface area (Å²) >= 11 is 5.63. The molecular formula is C11H15ClFNO. The van der Waals surface area contributed by atoms with E-state index < -0.39 is 5.82 Å². The Morgan fingerprint density at radius 2 is 2.27 bits per heavy atom. The minimum atomic E-state index is -0.441. The van der Waals surface area contributed by atoms with E-state index in [0.717, 1.165) is 12.8 Å². The molecule has 0 aliphatic heterocycles. The van der Waals surface area contributed by atoms with Gasteiger partial charge in [0, 0.05) is 12.6 Å². The minimum absolute atomic E-state index is 0.0310. The van der Waals surface area contributed by atoms with Crippen LogP contribution in [-0.2, 0) is 0 Å². The van der Waals surface area contributed by atoms with Gasteiger partial charge in [-0.2, -0.15) is 0 Å². The van der Waals surface area contributed by atoms with Gasteiger partial charge in [0.2, 0.25) is 0 Å². The summed E-state index contributed by atoms with van der Waals surface area (Å²) in [7, 11) is 0. The fraction of sp³-hybridized carbons (Fsp3) is 0.455. The first-order valence-electron chi connectivity index (χ1n) is 4.99. The van der Waals surface area contributed by atoms with Crippen LogP contribution in [0.2, 0.25) is 5.02 Å². The van der Waals surface area contributed by atoms with Gasteiger partial charge in [-0.15, -0.1) is 0 Å². The Balaban J connectivity index is 2.66. The van der Waals surface area contributed by atoms with E-state index >= 15 is 0 Å². The van der Waals surface area contributed by atoms with Gasteiger partial charge in [-0.3, -0.25) is 0 Å². The molecule has 15 heavy (non-hydrogen) atoms. The van der Waals surface area contributed by atoms with Crippen molar-refractivity contribution in [2.75, 3.05) is 6.54 Å². The van der Waals surface area contributed by atoms with Crippen LogP contribution in [0.1, 0.15) is 19.8 Å². The van der Waals surface area contributed by atoms with E-state index in [4.69, 9.17) is 22.1 Å². The fourth-order valence-corrected chi connectivity index (χ4v) is 1.46. The maximum Gasteiger partial charge on any atom is 0.142 e. The van der Waals surface area contributed by atoms with E-state index in [1.807, 2.05) is 0 Å². The number of ether oxygens (including phenoxy) is 1. The zero-order valence-electron chi connectivity index (χ0n) is 8.67. The molecule has 0 aliphatic carbocycles. The fourth-order valence-electron chi connectivity index (χ4n) is 1.29. The standard InChI is InChI=1S/C11H15ClFNO/c1-2-3-9(7-14)15-8-4-5-11(13)10(12)6-8/h4-6,9H,2-3,7,14H2,1H3. The second kappa shape index (κ2) is 5.93. The molecule has 4 heteroatoms. The van der Waals surface area contributed by atoms with Gasteiger partial charge in [-0.25, -0.2) is 4.39 Å². The molecule has 1 aromatic carbocycles. The van der Waals surface area contributed by atoms with Gasteiger partial charge in [-0.05, 0) is 18.6 Å². The maximum atomic E-state index is 12.9. The summed E-state index contributed by atoms with van der Waals surface area (Å²) in [5, 5.41) is 0.0692.